The second-order valence-electron chi connectivity index (χ2n) is 4.28. The number of amidine groups is 1. The molecule has 0 bridgehead atoms. The number of rotatable bonds is 13. The van der Waals surface area contributed by atoms with Crippen LogP contribution in [0.15, 0.2) is 5.16 Å². The Hall–Kier alpha value is -0.850. The van der Waals surface area contributed by atoms with Crippen molar-refractivity contribution in [2.45, 2.75) is 33.1 Å². The summed E-state index contributed by atoms with van der Waals surface area (Å²) < 4.78 is 10.8. The van der Waals surface area contributed by atoms with Gasteiger partial charge in [-0.25, -0.2) is 0 Å². The molecule has 0 saturated carbocycles. The van der Waals surface area contributed by atoms with E-state index in [0.29, 0.717) is 12.3 Å². The maximum atomic E-state index is 8.45. The molecule has 0 aliphatic heterocycles. The molecule has 0 fully saturated rings. The second-order valence-corrected chi connectivity index (χ2v) is 4.28. The Labute approximate surface area is 116 Å². The van der Waals surface area contributed by atoms with E-state index in [-0.39, 0.29) is 0 Å². The average Bonchev–Trinajstić information content (AvgIpc) is 2.43. The largest absolute Gasteiger partial charge is 0.409 e. The van der Waals surface area contributed by atoms with E-state index in [1.807, 2.05) is 13.8 Å². The molecule has 0 aromatic carbocycles. The molecule has 0 unspecified atom stereocenters. The predicted molar refractivity (Wildman–Crippen MR) is 76.7 cm³/mol. The van der Waals surface area contributed by atoms with Gasteiger partial charge in [0, 0.05) is 32.7 Å². The number of nitrogens with zero attached hydrogens (tertiary/aromatic N) is 2. The zero-order valence-electron chi connectivity index (χ0n) is 12.3. The van der Waals surface area contributed by atoms with E-state index in [4.69, 9.17) is 20.4 Å². The van der Waals surface area contributed by atoms with E-state index >= 15 is 0 Å². The van der Waals surface area contributed by atoms with Crippen molar-refractivity contribution in [1.82, 2.24) is 4.90 Å². The summed E-state index contributed by atoms with van der Waals surface area (Å²) in [6.45, 7) is 9.84. The van der Waals surface area contributed by atoms with E-state index in [1.54, 1.807) is 0 Å². The molecule has 0 aromatic rings. The van der Waals surface area contributed by atoms with Crippen LogP contribution in [-0.2, 0) is 9.47 Å². The monoisotopic (exact) mass is 275 g/mol. The topological polar surface area (TPSA) is 80.3 Å². The number of unbranched alkanes of at least 4 members (excludes halogenated alkanes) is 1. The smallest absolute Gasteiger partial charge is 0.139 e. The van der Waals surface area contributed by atoms with Gasteiger partial charge in [0.25, 0.3) is 0 Å². The fourth-order valence-corrected chi connectivity index (χ4v) is 1.70. The van der Waals surface area contributed by atoms with E-state index in [0.717, 1.165) is 58.9 Å². The van der Waals surface area contributed by atoms with Crippen LogP contribution in [0.25, 0.3) is 0 Å². The Kier molecular flexibility index (Phi) is 13.0. The predicted octanol–water partition coefficient (Wildman–Crippen LogP) is 1.28. The SMILES string of the molecule is CCOCCN(CCCCC(N)=NO)CCOCC. The molecule has 6 heteroatoms. The van der Waals surface area contributed by atoms with Crippen LogP contribution in [0.3, 0.4) is 0 Å². The van der Waals surface area contributed by atoms with Gasteiger partial charge in [-0.3, -0.25) is 4.90 Å². The van der Waals surface area contributed by atoms with Gasteiger partial charge in [-0.05, 0) is 33.2 Å². The summed E-state index contributed by atoms with van der Waals surface area (Å²) in [7, 11) is 0. The van der Waals surface area contributed by atoms with Gasteiger partial charge in [0.2, 0.25) is 0 Å². The first-order chi connectivity index (χ1) is 9.24. The van der Waals surface area contributed by atoms with Gasteiger partial charge in [0.1, 0.15) is 5.84 Å². The molecule has 0 radical (unpaired) electrons. The van der Waals surface area contributed by atoms with Crippen LogP contribution in [0, 0.1) is 0 Å². The highest BCUT2D eigenvalue weighted by atomic mass is 16.5. The normalized spacial score (nSPS) is 12.3. The van der Waals surface area contributed by atoms with Gasteiger partial charge in [0.05, 0.1) is 13.2 Å². The molecular weight excluding hydrogens is 246 g/mol. The van der Waals surface area contributed by atoms with E-state index < -0.39 is 0 Å². The van der Waals surface area contributed by atoms with Crippen molar-refractivity contribution >= 4 is 5.84 Å². The minimum Gasteiger partial charge on any atom is -0.409 e. The van der Waals surface area contributed by atoms with Crippen molar-refractivity contribution < 1.29 is 14.7 Å². The fraction of sp³-hybridized carbons (Fsp3) is 0.923. The molecule has 6 nitrogen and oxygen atoms in total. The van der Waals surface area contributed by atoms with Crippen molar-refractivity contribution in [1.29, 1.82) is 0 Å². The van der Waals surface area contributed by atoms with E-state index in [2.05, 4.69) is 10.1 Å². The maximum absolute atomic E-state index is 8.45. The van der Waals surface area contributed by atoms with Crippen LogP contribution in [0.4, 0.5) is 0 Å². The average molecular weight is 275 g/mol. The van der Waals surface area contributed by atoms with Crippen molar-refractivity contribution in [2.75, 3.05) is 46.1 Å². The molecule has 0 aliphatic carbocycles. The molecule has 0 aromatic heterocycles. The Morgan fingerprint density at radius 3 is 2.11 bits per heavy atom. The van der Waals surface area contributed by atoms with E-state index in [1.165, 1.54) is 0 Å². The first-order valence-electron chi connectivity index (χ1n) is 7.08. The molecule has 0 rings (SSSR count). The highest BCUT2D eigenvalue weighted by Gasteiger charge is 2.05. The summed E-state index contributed by atoms with van der Waals surface area (Å²) in [5, 5.41) is 11.4. The van der Waals surface area contributed by atoms with Gasteiger partial charge in [-0.2, -0.15) is 0 Å². The van der Waals surface area contributed by atoms with Crippen LogP contribution in [0.5, 0.6) is 0 Å². The lowest BCUT2D eigenvalue weighted by Gasteiger charge is -2.21. The lowest BCUT2D eigenvalue weighted by molar-refractivity contribution is 0.0821. The van der Waals surface area contributed by atoms with Crippen molar-refractivity contribution in [3.05, 3.63) is 0 Å². The van der Waals surface area contributed by atoms with Crippen LogP contribution in [-0.4, -0.2) is 62.0 Å². The lowest BCUT2D eigenvalue weighted by Crippen LogP contribution is -2.32. The minimum atomic E-state index is 0.301. The molecule has 114 valence electrons. The number of nitrogens with two attached hydrogens (primary N) is 1. The standard InChI is InChI=1S/C13H29N3O3/c1-3-18-11-9-16(10-12-19-4-2)8-6-5-7-13(14)15-17/h17H,3-12H2,1-2H3,(H2,14,15). The summed E-state index contributed by atoms with van der Waals surface area (Å²) in [5.74, 6) is 0.301. The van der Waals surface area contributed by atoms with Gasteiger partial charge in [-0.15, -0.1) is 0 Å². The minimum absolute atomic E-state index is 0.301. The van der Waals surface area contributed by atoms with Gasteiger partial charge in [-0.1, -0.05) is 5.16 Å². The van der Waals surface area contributed by atoms with Gasteiger partial charge >= 0.3 is 0 Å². The third-order valence-corrected chi connectivity index (χ3v) is 2.80. The Bertz CT molecular complexity index is 215. The lowest BCUT2D eigenvalue weighted by atomic mass is 10.2. The molecule has 0 saturated heterocycles. The van der Waals surface area contributed by atoms with Crippen molar-refractivity contribution in [3.63, 3.8) is 0 Å². The Morgan fingerprint density at radius 2 is 1.63 bits per heavy atom. The summed E-state index contributed by atoms with van der Waals surface area (Å²) in [6.07, 6.45) is 2.59. The molecular formula is C13H29N3O3. The maximum Gasteiger partial charge on any atom is 0.139 e. The molecule has 0 atom stereocenters. The first kappa shape index (κ1) is 18.1. The molecule has 3 N–H and O–H groups in total. The van der Waals surface area contributed by atoms with Crippen molar-refractivity contribution in [3.8, 4) is 0 Å². The van der Waals surface area contributed by atoms with Crippen molar-refractivity contribution in [2.24, 2.45) is 10.9 Å². The highest BCUT2D eigenvalue weighted by Crippen LogP contribution is 2.00. The summed E-state index contributed by atoms with van der Waals surface area (Å²) in [5.41, 5.74) is 5.43. The summed E-state index contributed by atoms with van der Waals surface area (Å²) in [4.78, 5) is 2.33. The summed E-state index contributed by atoms with van der Waals surface area (Å²) >= 11 is 0. The quantitative estimate of drug-likeness (QED) is 0.174. The van der Waals surface area contributed by atoms with Gasteiger partial charge < -0.3 is 20.4 Å². The number of ether oxygens (including phenoxy) is 2. The Balaban J connectivity index is 3.76. The van der Waals surface area contributed by atoms with Crippen LogP contribution >= 0.6 is 0 Å². The molecule has 0 aliphatic rings. The third-order valence-electron chi connectivity index (χ3n) is 2.80. The molecule has 0 spiro atoms. The summed E-state index contributed by atoms with van der Waals surface area (Å²) in [6, 6.07) is 0. The molecule has 0 amide bonds. The zero-order valence-corrected chi connectivity index (χ0v) is 12.3. The second kappa shape index (κ2) is 13.6. The van der Waals surface area contributed by atoms with E-state index in [9.17, 15) is 0 Å². The fourth-order valence-electron chi connectivity index (χ4n) is 1.70. The zero-order chi connectivity index (χ0) is 14.3. The first-order valence-corrected chi connectivity index (χ1v) is 7.08. The number of hydrogen-bond donors (Lipinski definition) is 2. The third kappa shape index (κ3) is 11.9. The number of oxime groups is 1. The van der Waals surface area contributed by atoms with Crippen LogP contribution in [0.1, 0.15) is 33.1 Å². The Morgan fingerprint density at radius 1 is 1.05 bits per heavy atom. The molecule has 19 heavy (non-hydrogen) atoms. The van der Waals surface area contributed by atoms with Gasteiger partial charge in [0.15, 0.2) is 0 Å². The highest BCUT2D eigenvalue weighted by molar-refractivity contribution is 5.79. The van der Waals surface area contributed by atoms with Crippen LogP contribution < -0.4 is 5.73 Å². The molecule has 0 heterocycles. The van der Waals surface area contributed by atoms with Crippen LogP contribution in [0.2, 0.25) is 0 Å². The number of hydrogen-bond acceptors (Lipinski definition) is 5.